The van der Waals surface area contributed by atoms with Gasteiger partial charge >= 0.3 is 5.97 Å². The molecular formula is C28H32N2O4. The van der Waals surface area contributed by atoms with Gasteiger partial charge in [0.25, 0.3) is 0 Å². The van der Waals surface area contributed by atoms with Crippen molar-refractivity contribution in [3.05, 3.63) is 76.9 Å². The van der Waals surface area contributed by atoms with Crippen LogP contribution in [0.2, 0.25) is 0 Å². The SMILES string of the molecule is CC(C)(N)[C@H](O)c1cc2ccccc2cc1CCCOc1cc(CCCC(=O)O)ccc1C#N. The predicted octanol–water partition coefficient (Wildman–Crippen LogP) is 4.90. The Balaban J connectivity index is 1.71. The molecule has 0 heterocycles. The Morgan fingerprint density at radius 2 is 1.79 bits per heavy atom. The van der Waals surface area contributed by atoms with Gasteiger partial charge in [0, 0.05) is 12.0 Å². The molecule has 6 heteroatoms. The minimum Gasteiger partial charge on any atom is -0.492 e. The Bertz CT molecular complexity index is 1190. The number of aryl methyl sites for hydroxylation is 2. The number of carboxylic acids is 1. The van der Waals surface area contributed by atoms with Crippen LogP contribution in [0.15, 0.2) is 54.6 Å². The molecule has 178 valence electrons. The van der Waals surface area contributed by atoms with Crippen molar-refractivity contribution in [2.45, 2.75) is 57.6 Å². The number of hydrogen-bond acceptors (Lipinski definition) is 5. The standard InChI is InChI=1S/C28H32N2O4/c1-28(2,30)27(33)24-17-21-9-4-3-8-20(21)16-22(24)10-6-14-34-25-15-19(7-5-11-26(31)32)12-13-23(25)18-29/h3-4,8-9,12-13,15-17,27,33H,5-7,10-11,14,30H2,1-2H3,(H,31,32)/t27-/m1/s1. The second kappa shape index (κ2) is 11.1. The van der Waals surface area contributed by atoms with E-state index in [2.05, 4.69) is 12.1 Å². The van der Waals surface area contributed by atoms with Crippen molar-refractivity contribution in [1.29, 1.82) is 5.26 Å². The monoisotopic (exact) mass is 460 g/mol. The molecule has 0 bridgehead atoms. The van der Waals surface area contributed by atoms with Crippen molar-refractivity contribution >= 4 is 16.7 Å². The molecule has 0 aliphatic heterocycles. The lowest BCUT2D eigenvalue weighted by Gasteiger charge is -2.28. The maximum atomic E-state index is 10.9. The van der Waals surface area contributed by atoms with Crippen LogP contribution in [0.1, 0.15) is 61.5 Å². The second-order valence-electron chi connectivity index (χ2n) is 9.26. The number of aliphatic hydroxyl groups is 1. The molecule has 3 aromatic carbocycles. The molecule has 0 saturated carbocycles. The Hall–Kier alpha value is -3.40. The number of fused-ring (bicyclic) bond motifs is 1. The van der Waals surface area contributed by atoms with Crippen LogP contribution in [0.4, 0.5) is 0 Å². The van der Waals surface area contributed by atoms with E-state index >= 15 is 0 Å². The van der Waals surface area contributed by atoms with Gasteiger partial charge in [0.15, 0.2) is 0 Å². The molecule has 3 rings (SSSR count). The van der Waals surface area contributed by atoms with Gasteiger partial charge in [-0.2, -0.15) is 5.26 Å². The number of nitrogens with zero attached hydrogens (tertiary/aromatic N) is 1. The number of carboxylic acid groups (broad SMARTS) is 1. The first-order valence-electron chi connectivity index (χ1n) is 11.5. The molecule has 4 N–H and O–H groups in total. The molecule has 1 atom stereocenters. The third kappa shape index (κ3) is 6.57. The maximum Gasteiger partial charge on any atom is 0.303 e. The fourth-order valence-corrected chi connectivity index (χ4v) is 4.00. The number of aliphatic carboxylic acids is 1. The van der Waals surface area contributed by atoms with E-state index in [0.717, 1.165) is 27.5 Å². The second-order valence-corrected chi connectivity index (χ2v) is 9.26. The largest absolute Gasteiger partial charge is 0.492 e. The smallest absolute Gasteiger partial charge is 0.303 e. The molecule has 3 aromatic rings. The van der Waals surface area contributed by atoms with Gasteiger partial charge in [0.1, 0.15) is 11.8 Å². The first-order chi connectivity index (χ1) is 16.2. The minimum absolute atomic E-state index is 0.107. The van der Waals surface area contributed by atoms with Crippen LogP contribution in [0, 0.1) is 11.3 Å². The number of ether oxygens (including phenoxy) is 1. The summed E-state index contributed by atoms with van der Waals surface area (Å²) in [6.45, 7) is 4.03. The lowest BCUT2D eigenvalue weighted by molar-refractivity contribution is -0.137. The Labute approximate surface area is 200 Å². The number of nitriles is 1. The van der Waals surface area contributed by atoms with E-state index in [4.69, 9.17) is 15.6 Å². The van der Waals surface area contributed by atoms with Crippen LogP contribution in [-0.4, -0.2) is 28.3 Å². The van der Waals surface area contributed by atoms with E-state index in [9.17, 15) is 15.2 Å². The molecule has 34 heavy (non-hydrogen) atoms. The Kier molecular flexibility index (Phi) is 8.27. The fourth-order valence-electron chi connectivity index (χ4n) is 4.00. The van der Waals surface area contributed by atoms with Crippen molar-refractivity contribution in [3.8, 4) is 11.8 Å². The predicted molar refractivity (Wildman–Crippen MR) is 133 cm³/mol. The van der Waals surface area contributed by atoms with Gasteiger partial charge in [-0.1, -0.05) is 36.4 Å². The maximum absolute atomic E-state index is 10.9. The van der Waals surface area contributed by atoms with Gasteiger partial charge in [-0.15, -0.1) is 0 Å². The summed E-state index contributed by atoms with van der Waals surface area (Å²) in [4.78, 5) is 10.8. The molecular weight excluding hydrogens is 428 g/mol. The summed E-state index contributed by atoms with van der Waals surface area (Å²) in [5, 5.41) is 31.3. The number of hydrogen-bond donors (Lipinski definition) is 3. The molecule has 0 spiro atoms. The van der Waals surface area contributed by atoms with E-state index in [-0.39, 0.29) is 6.42 Å². The first kappa shape index (κ1) is 25.2. The number of nitrogens with two attached hydrogens (primary N) is 1. The van der Waals surface area contributed by atoms with Gasteiger partial charge in [0.05, 0.1) is 18.3 Å². The number of rotatable bonds is 11. The van der Waals surface area contributed by atoms with E-state index < -0.39 is 17.6 Å². The normalized spacial score (nSPS) is 12.3. The minimum atomic E-state index is -0.818. The first-order valence-corrected chi connectivity index (χ1v) is 11.5. The molecule has 0 saturated heterocycles. The van der Waals surface area contributed by atoms with E-state index in [1.807, 2.05) is 56.3 Å². The topological polar surface area (TPSA) is 117 Å². The highest BCUT2D eigenvalue weighted by Gasteiger charge is 2.26. The summed E-state index contributed by atoms with van der Waals surface area (Å²) in [6.07, 6.45) is 1.83. The van der Waals surface area contributed by atoms with Gasteiger partial charge in [-0.25, -0.2) is 0 Å². The summed E-state index contributed by atoms with van der Waals surface area (Å²) in [6, 6.07) is 19.7. The molecule has 0 fully saturated rings. The molecule has 0 aliphatic rings. The highest BCUT2D eigenvalue weighted by atomic mass is 16.5. The van der Waals surface area contributed by atoms with Gasteiger partial charge in [-0.05, 0) is 85.2 Å². The van der Waals surface area contributed by atoms with E-state index in [1.54, 1.807) is 6.07 Å². The van der Waals surface area contributed by atoms with Crippen molar-refractivity contribution in [3.63, 3.8) is 0 Å². The van der Waals surface area contributed by atoms with Crippen molar-refractivity contribution in [2.24, 2.45) is 5.73 Å². The van der Waals surface area contributed by atoms with Crippen LogP contribution in [0.5, 0.6) is 5.75 Å². The number of carbonyl (C=O) groups is 1. The molecule has 0 aromatic heterocycles. The average molecular weight is 461 g/mol. The third-order valence-electron chi connectivity index (χ3n) is 5.88. The van der Waals surface area contributed by atoms with E-state index in [0.29, 0.717) is 43.6 Å². The van der Waals surface area contributed by atoms with Crippen LogP contribution < -0.4 is 10.5 Å². The Morgan fingerprint density at radius 3 is 2.44 bits per heavy atom. The van der Waals surface area contributed by atoms with Gasteiger partial charge < -0.3 is 20.7 Å². The van der Waals surface area contributed by atoms with Crippen molar-refractivity contribution < 1.29 is 19.7 Å². The lowest BCUT2D eigenvalue weighted by Crippen LogP contribution is -2.39. The third-order valence-corrected chi connectivity index (χ3v) is 5.88. The summed E-state index contributed by atoms with van der Waals surface area (Å²) in [5.74, 6) is -0.307. The Morgan fingerprint density at radius 1 is 1.09 bits per heavy atom. The summed E-state index contributed by atoms with van der Waals surface area (Å²) in [7, 11) is 0. The zero-order valence-corrected chi connectivity index (χ0v) is 19.8. The van der Waals surface area contributed by atoms with Crippen molar-refractivity contribution in [1.82, 2.24) is 0 Å². The summed E-state index contributed by atoms with van der Waals surface area (Å²) >= 11 is 0. The van der Waals surface area contributed by atoms with E-state index in [1.165, 1.54) is 0 Å². The molecule has 0 amide bonds. The highest BCUT2D eigenvalue weighted by Crippen LogP contribution is 2.31. The summed E-state index contributed by atoms with van der Waals surface area (Å²) < 4.78 is 5.95. The molecule has 0 unspecified atom stereocenters. The fraction of sp³-hybridized carbons (Fsp3) is 0.357. The van der Waals surface area contributed by atoms with Crippen LogP contribution in [0.3, 0.4) is 0 Å². The number of benzene rings is 3. The molecule has 0 radical (unpaired) electrons. The molecule has 0 aliphatic carbocycles. The highest BCUT2D eigenvalue weighted by molar-refractivity contribution is 5.84. The zero-order valence-electron chi connectivity index (χ0n) is 19.8. The van der Waals surface area contributed by atoms with Crippen LogP contribution >= 0.6 is 0 Å². The van der Waals surface area contributed by atoms with Gasteiger partial charge in [0.2, 0.25) is 0 Å². The van der Waals surface area contributed by atoms with Crippen molar-refractivity contribution in [2.75, 3.05) is 6.61 Å². The summed E-state index contributed by atoms with van der Waals surface area (Å²) in [5.41, 5.74) is 8.68. The average Bonchev–Trinajstić information content (AvgIpc) is 2.80. The molecule has 6 nitrogen and oxygen atoms in total. The lowest BCUT2D eigenvalue weighted by atomic mass is 9.86. The zero-order chi connectivity index (χ0) is 24.7. The van der Waals surface area contributed by atoms with Crippen LogP contribution in [-0.2, 0) is 17.6 Å². The number of aliphatic hydroxyl groups excluding tert-OH is 1. The van der Waals surface area contributed by atoms with Gasteiger partial charge in [-0.3, -0.25) is 4.79 Å². The van der Waals surface area contributed by atoms with Crippen LogP contribution in [0.25, 0.3) is 10.8 Å². The quantitative estimate of drug-likeness (QED) is 0.350.